The molecule has 0 atom stereocenters. The average molecular weight is 629 g/mol. The molecular weight excluding hydrogens is 601 g/mol. The number of carbonyl (C=O) groups excluding carboxylic acids is 1. The molecule has 1 aliphatic rings. The van der Waals surface area contributed by atoms with Crippen LogP contribution in [-0.2, 0) is 4.79 Å². The Morgan fingerprint density at radius 2 is 1.15 bits per heavy atom. The first-order chi connectivity index (χ1) is 22.8. The maximum absolute atomic E-state index is 13.7. The molecule has 0 aliphatic heterocycles. The molecule has 0 radical (unpaired) electrons. The average Bonchev–Trinajstić information content (AvgIpc) is 3.67. The third-order valence-electron chi connectivity index (χ3n) is 8.41. The maximum atomic E-state index is 13.7. The summed E-state index contributed by atoms with van der Waals surface area (Å²) in [6.07, 6.45) is 1.36. The van der Waals surface area contributed by atoms with Crippen molar-refractivity contribution in [2.45, 2.75) is 13.8 Å². The van der Waals surface area contributed by atoms with Crippen molar-refractivity contribution in [3.05, 3.63) is 154 Å². The van der Waals surface area contributed by atoms with E-state index in [9.17, 15) is 14.7 Å². The topological polar surface area (TPSA) is 81.4 Å². The lowest BCUT2D eigenvalue weighted by Crippen LogP contribution is -2.09. The molecule has 6 aromatic rings. The fourth-order valence-corrected chi connectivity index (χ4v) is 6.87. The second kappa shape index (κ2) is 12.1. The number of carbonyl (C=O) groups is 2. The van der Waals surface area contributed by atoms with Crippen LogP contribution in [0.3, 0.4) is 0 Å². The molecule has 226 valence electrons. The fraction of sp³-hybridized carbons (Fsp3) is 0.0488. The van der Waals surface area contributed by atoms with Gasteiger partial charge in [-0.1, -0.05) is 71.8 Å². The van der Waals surface area contributed by atoms with Gasteiger partial charge >= 0.3 is 5.97 Å². The van der Waals surface area contributed by atoms with Crippen LogP contribution in [0.5, 0.6) is 0 Å². The SMILES string of the molecule is Cc1ccc(N(c2ccc(C)cc2)c2ccc(-c3ccc4c(c3)C(=O)c3cc(-c5ccc(/C=C(\C#N)C(=O)O)s5)ccc3-4)cc2)cc1. The van der Waals surface area contributed by atoms with Crippen LogP contribution in [0.1, 0.15) is 31.9 Å². The van der Waals surface area contributed by atoms with Crippen molar-refractivity contribution < 1.29 is 14.7 Å². The number of carboxylic acids is 1. The molecule has 0 amide bonds. The van der Waals surface area contributed by atoms with Gasteiger partial charge in [-0.05, 0) is 108 Å². The minimum absolute atomic E-state index is 0.0189. The molecule has 0 saturated heterocycles. The lowest BCUT2D eigenvalue weighted by molar-refractivity contribution is -0.132. The van der Waals surface area contributed by atoms with Crippen LogP contribution < -0.4 is 4.90 Å². The molecule has 0 saturated carbocycles. The highest BCUT2D eigenvalue weighted by Gasteiger charge is 2.27. The van der Waals surface area contributed by atoms with Crippen LogP contribution in [0.4, 0.5) is 17.1 Å². The molecule has 47 heavy (non-hydrogen) atoms. The maximum Gasteiger partial charge on any atom is 0.346 e. The van der Waals surface area contributed by atoms with Crippen LogP contribution in [0, 0.1) is 25.2 Å². The number of anilines is 3. The van der Waals surface area contributed by atoms with E-state index in [4.69, 9.17) is 5.26 Å². The van der Waals surface area contributed by atoms with E-state index < -0.39 is 5.97 Å². The Bertz CT molecular complexity index is 2210. The van der Waals surface area contributed by atoms with Crippen molar-refractivity contribution in [1.82, 2.24) is 0 Å². The summed E-state index contributed by atoms with van der Waals surface area (Å²) in [5.41, 5.74) is 11.3. The first-order valence-corrected chi connectivity index (χ1v) is 15.9. The lowest BCUT2D eigenvalue weighted by atomic mass is 9.98. The molecule has 1 aromatic heterocycles. The van der Waals surface area contributed by atoms with Gasteiger partial charge < -0.3 is 10.0 Å². The third-order valence-corrected chi connectivity index (χ3v) is 9.49. The van der Waals surface area contributed by atoms with Gasteiger partial charge in [0, 0.05) is 37.9 Å². The number of nitriles is 1. The highest BCUT2D eigenvalue weighted by atomic mass is 32.1. The first kappa shape index (κ1) is 29.7. The van der Waals surface area contributed by atoms with Crippen molar-refractivity contribution in [2.75, 3.05) is 4.90 Å². The van der Waals surface area contributed by atoms with E-state index in [2.05, 4.69) is 97.6 Å². The van der Waals surface area contributed by atoms with E-state index >= 15 is 0 Å². The summed E-state index contributed by atoms with van der Waals surface area (Å²) in [6, 6.07) is 42.7. The summed E-state index contributed by atoms with van der Waals surface area (Å²) < 4.78 is 0. The molecule has 1 heterocycles. The molecular formula is C41H28N2O3S. The molecule has 1 N–H and O–H groups in total. The number of aryl methyl sites for hydroxylation is 2. The summed E-state index contributed by atoms with van der Waals surface area (Å²) >= 11 is 1.37. The standard InChI is InChI=1S/C41H28N2O3S/c1-25-3-11-31(12-4-25)43(32-13-5-26(2)6-14-32)33-15-7-27(8-16-33)28-9-18-35-36-19-10-29(23-38(36)40(44)37(35)22-28)39-20-17-34(47-39)21-30(24-42)41(45)46/h3-23H,1-2H3,(H,45,46)/b30-21+. The highest BCUT2D eigenvalue weighted by molar-refractivity contribution is 7.16. The number of rotatable bonds is 7. The Kier molecular flexibility index (Phi) is 7.61. The van der Waals surface area contributed by atoms with Gasteiger partial charge in [0.15, 0.2) is 5.78 Å². The zero-order chi connectivity index (χ0) is 32.7. The zero-order valence-electron chi connectivity index (χ0n) is 25.7. The molecule has 6 heteroatoms. The Morgan fingerprint density at radius 3 is 1.68 bits per heavy atom. The van der Waals surface area contributed by atoms with Gasteiger partial charge in [0.25, 0.3) is 0 Å². The minimum atomic E-state index is -1.26. The van der Waals surface area contributed by atoms with E-state index in [1.54, 1.807) is 12.1 Å². The number of hydrogen-bond acceptors (Lipinski definition) is 5. The van der Waals surface area contributed by atoms with Gasteiger partial charge in [0.2, 0.25) is 0 Å². The molecule has 0 unspecified atom stereocenters. The fourth-order valence-electron chi connectivity index (χ4n) is 5.92. The Morgan fingerprint density at radius 1 is 0.660 bits per heavy atom. The lowest BCUT2D eigenvalue weighted by Gasteiger charge is -2.26. The van der Waals surface area contributed by atoms with Crippen LogP contribution in [0.2, 0.25) is 0 Å². The monoisotopic (exact) mass is 628 g/mol. The van der Waals surface area contributed by atoms with Crippen molar-refractivity contribution in [1.29, 1.82) is 5.26 Å². The van der Waals surface area contributed by atoms with Crippen molar-refractivity contribution >= 4 is 46.2 Å². The number of thiophene rings is 1. The summed E-state index contributed by atoms with van der Waals surface area (Å²) in [4.78, 5) is 28.7. The van der Waals surface area contributed by atoms with Crippen molar-refractivity contribution in [3.63, 3.8) is 0 Å². The van der Waals surface area contributed by atoms with Crippen molar-refractivity contribution in [3.8, 4) is 38.8 Å². The molecule has 5 nitrogen and oxygen atoms in total. The number of benzene rings is 5. The minimum Gasteiger partial charge on any atom is -0.477 e. The summed E-state index contributed by atoms with van der Waals surface area (Å²) in [5, 5.41) is 18.3. The van der Waals surface area contributed by atoms with Crippen LogP contribution in [0.15, 0.2) is 127 Å². The quantitative estimate of drug-likeness (QED) is 0.140. The summed E-state index contributed by atoms with van der Waals surface area (Å²) in [6.45, 7) is 4.17. The van der Waals surface area contributed by atoms with Gasteiger partial charge in [0.1, 0.15) is 11.6 Å². The molecule has 0 spiro atoms. The van der Waals surface area contributed by atoms with Gasteiger partial charge in [-0.3, -0.25) is 4.79 Å². The molecule has 5 aromatic carbocycles. The van der Waals surface area contributed by atoms with Crippen LogP contribution in [-0.4, -0.2) is 16.9 Å². The Labute approximate surface area is 276 Å². The number of ketones is 1. The third kappa shape index (κ3) is 5.65. The number of fused-ring (bicyclic) bond motifs is 3. The Balaban J connectivity index is 1.17. The van der Waals surface area contributed by atoms with Crippen molar-refractivity contribution in [2.24, 2.45) is 0 Å². The zero-order valence-corrected chi connectivity index (χ0v) is 26.5. The predicted molar refractivity (Wildman–Crippen MR) is 189 cm³/mol. The van der Waals surface area contributed by atoms with Crippen LogP contribution in [0.25, 0.3) is 38.8 Å². The smallest absolute Gasteiger partial charge is 0.346 e. The summed E-state index contributed by atoms with van der Waals surface area (Å²) in [5.74, 6) is -1.28. The van der Waals surface area contributed by atoms with E-state index in [0.29, 0.717) is 16.0 Å². The van der Waals surface area contributed by atoms with Crippen LogP contribution >= 0.6 is 11.3 Å². The second-order valence-corrected chi connectivity index (χ2v) is 12.7. The predicted octanol–water partition coefficient (Wildman–Crippen LogP) is 10.4. The van der Waals surface area contributed by atoms with E-state index in [-0.39, 0.29) is 11.4 Å². The largest absolute Gasteiger partial charge is 0.477 e. The van der Waals surface area contributed by atoms with E-state index in [0.717, 1.165) is 49.8 Å². The summed E-state index contributed by atoms with van der Waals surface area (Å²) in [7, 11) is 0. The van der Waals surface area contributed by atoms with Gasteiger partial charge in [-0.15, -0.1) is 11.3 Å². The van der Waals surface area contributed by atoms with Gasteiger partial charge in [-0.25, -0.2) is 4.79 Å². The van der Waals surface area contributed by atoms with Gasteiger partial charge in [0.05, 0.1) is 0 Å². The molecule has 0 bridgehead atoms. The number of carboxylic acid groups (broad SMARTS) is 1. The highest BCUT2D eigenvalue weighted by Crippen LogP contribution is 2.42. The molecule has 1 aliphatic carbocycles. The second-order valence-electron chi connectivity index (χ2n) is 11.6. The Hall–Kier alpha value is -6.03. The number of hydrogen-bond donors (Lipinski definition) is 1. The number of aliphatic carboxylic acids is 1. The molecule has 7 rings (SSSR count). The van der Waals surface area contributed by atoms with Gasteiger partial charge in [-0.2, -0.15) is 5.26 Å². The normalized spacial score (nSPS) is 11.9. The first-order valence-electron chi connectivity index (χ1n) is 15.1. The number of nitrogens with zero attached hydrogens (tertiary/aromatic N) is 2. The van der Waals surface area contributed by atoms with E-state index in [1.807, 2.05) is 36.4 Å². The van der Waals surface area contributed by atoms with E-state index in [1.165, 1.54) is 28.5 Å². The molecule has 0 fully saturated rings.